The van der Waals surface area contributed by atoms with E-state index in [1.165, 1.54) is 6.07 Å². The van der Waals surface area contributed by atoms with Crippen LogP contribution in [0.2, 0.25) is 0 Å². The van der Waals surface area contributed by atoms with Crippen molar-refractivity contribution in [1.29, 1.82) is 0 Å². The average molecular weight is 321 g/mol. The van der Waals surface area contributed by atoms with Crippen molar-refractivity contribution in [2.24, 2.45) is 0 Å². The van der Waals surface area contributed by atoms with E-state index < -0.39 is 6.04 Å². The molecule has 0 aromatic heterocycles. The van der Waals surface area contributed by atoms with Crippen LogP contribution in [0.5, 0.6) is 0 Å². The molecular formula is C17H24FN3O2. The van der Waals surface area contributed by atoms with Crippen molar-refractivity contribution in [3.8, 4) is 0 Å². The van der Waals surface area contributed by atoms with Crippen molar-refractivity contribution in [2.75, 3.05) is 45.9 Å². The molecule has 0 spiro atoms. The van der Waals surface area contributed by atoms with E-state index in [-0.39, 0.29) is 17.8 Å². The second-order valence-electron chi connectivity index (χ2n) is 6.21. The lowest BCUT2D eigenvalue weighted by molar-refractivity contribution is -0.140. The largest absolute Gasteiger partial charge is 0.379 e. The standard InChI is InChI=1S/C17H24FN3O2/c1-13-12-21(7-6-19-13)17(22)16(20-8-10-23-11-9-20)14-4-2-3-5-15(14)18/h2-5,13,16,19H,6-12H2,1H3/t13-,16-/m1/s1. The number of morpholine rings is 1. The van der Waals surface area contributed by atoms with Gasteiger partial charge in [-0.05, 0) is 13.0 Å². The topological polar surface area (TPSA) is 44.8 Å². The minimum Gasteiger partial charge on any atom is -0.379 e. The SMILES string of the molecule is C[C@@H]1CN(C(=O)[C@@H](c2ccccc2F)N2CCOCC2)CCN1. The number of nitrogens with one attached hydrogen (secondary N) is 1. The summed E-state index contributed by atoms with van der Waals surface area (Å²) >= 11 is 0. The molecule has 3 rings (SSSR count). The molecule has 1 aromatic rings. The summed E-state index contributed by atoms with van der Waals surface area (Å²) in [6.45, 7) is 6.62. The molecule has 23 heavy (non-hydrogen) atoms. The van der Waals surface area contributed by atoms with Gasteiger partial charge in [-0.15, -0.1) is 0 Å². The Labute approximate surface area is 136 Å². The zero-order valence-corrected chi connectivity index (χ0v) is 13.5. The number of carbonyl (C=O) groups excluding carboxylic acids is 1. The van der Waals surface area contributed by atoms with Crippen LogP contribution in [0, 0.1) is 5.82 Å². The molecule has 2 aliphatic rings. The Kier molecular flexibility index (Phi) is 5.25. The minimum absolute atomic E-state index is 0.00894. The Morgan fingerprint density at radius 1 is 1.30 bits per heavy atom. The second-order valence-corrected chi connectivity index (χ2v) is 6.21. The number of halogens is 1. The van der Waals surface area contributed by atoms with Crippen molar-refractivity contribution in [3.05, 3.63) is 35.6 Å². The number of piperazine rings is 1. The molecule has 6 heteroatoms. The van der Waals surface area contributed by atoms with Crippen LogP contribution in [0.15, 0.2) is 24.3 Å². The highest BCUT2D eigenvalue weighted by atomic mass is 19.1. The monoisotopic (exact) mass is 321 g/mol. The van der Waals surface area contributed by atoms with E-state index >= 15 is 0 Å². The maximum absolute atomic E-state index is 14.4. The molecule has 2 fully saturated rings. The van der Waals surface area contributed by atoms with Crippen LogP contribution in [0.25, 0.3) is 0 Å². The van der Waals surface area contributed by atoms with E-state index in [9.17, 15) is 9.18 Å². The highest BCUT2D eigenvalue weighted by Crippen LogP contribution is 2.27. The highest BCUT2D eigenvalue weighted by Gasteiger charge is 2.35. The number of carbonyl (C=O) groups is 1. The number of hydrogen-bond acceptors (Lipinski definition) is 4. The van der Waals surface area contributed by atoms with Crippen LogP contribution < -0.4 is 5.32 Å². The van der Waals surface area contributed by atoms with Gasteiger partial charge in [0.1, 0.15) is 11.9 Å². The first-order chi connectivity index (χ1) is 11.2. The molecule has 2 saturated heterocycles. The molecule has 0 bridgehead atoms. The van der Waals surface area contributed by atoms with Gasteiger partial charge in [0, 0.05) is 44.3 Å². The van der Waals surface area contributed by atoms with Crippen LogP contribution in [-0.4, -0.2) is 67.7 Å². The number of nitrogens with zero attached hydrogens (tertiary/aromatic N) is 2. The number of rotatable bonds is 3. The molecule has 126 valence electrons. The van der Waals surface area contributed by atoms with Crippen molar-refractivity contribution in [2.45, 2.75) is 19.0 Å². The van der Waals surface area contributed by atoms with Crippen molar-refractivity contribution in [3.63, 3.8) is 0 Å². The molecule has 5 nitrogen and oxygen atoms in total. The summed E-state index contributed by atoms with van der Waals surface area (Å²) in [5, 5.41) is 3.33. The molecule has 1 N–H and O–H groups in total. The highest BCUT2D eigenvalue weighted by molar-refractivity contribution is 5.83. The van der Waals surface area contributed by atoms with Gasteiger partial charge in [-0.3, -0.25) is 9.69 Å². The smallest absolute Gasteiger partial charge is 0.244 e. The van der Waals surface area contributed by atoms with Gasteiger partial charge in [0.25, 0.3) is 0 Å². The molecule has 0 aliphatic carbocycles. The lowest BCUT2D eigenvalue weighted by Crippen LogP contribution is -2.55. The van der Waals surface area contributed by atoms with E-state index in [1.807, 2.05) is 9.80 Å². The first-order valence-electron chi connectivity index (χ1n) is 8.25. The molecular weight excluding hydrogens is 297 g/mol. The Balaban J connectivity index is 1.88. The van der Waals surface area contributed by atoms with Gasteiger partial charge in [-0.2, -0.15) is 0 Å². The van der Waals surface area contributed by atoms with Crippen molar-refractivity contribution < 1.29 is 13.9 Å². The maximum Gasteiger partial charge on any atom is 0.244 e. The predicted octanol–water partition coefficient (Wildman–Crippen LogP) is 1.02. The maximum atomic E-state index is 14.4. The van der Waals surface area contributed by atoms with Crippen LogP contribution in [0.4, 0.5) is 4.39 Å². The number of ether oxygens (including phenoxy) is 1. The molecule has 1 aromatic carbocycles. The van der Waals surface area contributed by atoms with Crippen molar-refractivity contribution >= 4 is 5.91 Å². The Bertz CT molecular complexity index is 548. The minimum atomic E-state index is -0.564. The molecule has 1 amide bonds. The summed E-state index contributed by atoms with van der Waals surface area (Å²) in [4.78, 5) is 17.0. The molecule has 0 saturated carbocycles. The van der Waals surface area contributed by atoms with E-state index in [0.717, 1.165) is 6.54 Å². The van der Waals surface area contributed by atoms with Crippen LogP contribution in [-0.2, 0) is 9.53 Å². The van der Waals surface area contributed by atoms with Gasteiger partial charge in [-0.25, -0.2) is 4.39 Å². The normalized spacial score (nSPS) is 24.4. The van der Waals surface area contributed by atoms with E-state index in [4.69, 9.17) is 4.74 Å². The second kappa shape index (κ2) is 7.38. The molecule has 0 radical (unpaired) electrons. The first kappa shape index (κ1) is 16.4. The summed E-state index contributed by atoms with van der Waals surface area (Å²) < 4.78 is 19.7. The van der Waals surface area contributed by atoms with Gasteiger partial charge in [0.2, 0.25) is 5.91 Å². The van der Waals surface area contributed by atoms with Gasteiger partial charge in [0.05, 0.1) is 13.2 Å². The molecule has 2 aliphatic heterocycles. The third-order valence-electron chi connectivity index (χ3n) is 4.52. The number of hydrogen-bond donors (Lipinski definition) is 1. The first-order valence-corrected chi connectivity index (χ1v) is 8.25. The predicted molar refractivity (Wildman–Crippen MR) is 85.6 cm³/mol. The Morgan fingerprint density at radius 2 is 2.04 bits per heavy atom. The van der Waals surface area contributed by atoms with Crippen LogP contribution in [0.1, 0.15) is 18.5 Å². The number of benzene rings is 1. The molecule has 0 unspecified atom stereocenters. The number of amides is 1. The Hall–Kier alpha value is -1.50. The third kappa shape index (κ3) is 3.71. The fourth-order valence-corrected chi connectivity index (χ4v) is 3.32. The van der Waals surface area contributed by atoms with Gasteiger partial charge in [0.15, 0.2) is 0 Å². The quantitative estimate of drug-likeness (QED) is 0.903. The fourth-order valence-electron chi connectivity index (χ4n) is 3.32. The van der Waals surface area contributed by atoms with E-state index in [1.54, 1.807) is 18.2 Å². The van der Waals surface area contributed by atoms with Crippen LogP contribution in [0.3, 0.4) is 0 Å². The summed E-state index contributed by atoms with van der Waals surface area (Å²) in [5.74, 6) is -0.328. The lowest BCUT2D eigenvalue weighted by Gasteiger charge is -2.39. The van der Waals surface area contributed by atoms with E-state index in [2.05, 4.69) is 12.2 Å². The summed E-state index contributed by atoms with van der Waals surface area (Å²) in [6.07, 6.45) is 0. The fraction of sp³-hybridized carbons (Fsp3) is 0.588. The summed E-state index contributed by atoms with van der Waals surface area (Å²) in [5.41, 5.74) is 0.464. The molecule has 2 heterocycles. The summed E-state index contributed by atoms with van der Waals surface area (Å²) in [6, 6.07) is 6.30. The van der Waals surface area contributed by atoms with Gasteiger partial charge < -0.3 is 15.0 Å². The zero-order valence-electron chi connectivity index (χ0n) is 13.5. The summed E-state index contributed by atoms with van der Waals surface area (Å²) in [7, 11) is 0. The third-order valence-corrected chi connectivity index (χ3v) is 4.52. The van der Waals surface area contributed by atoms with Crippen LogP contribution >= 0.6 is 0 Å². The lowest BCUT2D eigenvalue weighted by atomic mass is 10.0. The zero-order chi connectivity index (χ0) is 16.2. The van der Waals surface area contributed by atoms with Gasteiger partial charge in [-0.1, -0.05) is 18.2 Å². The van der Waals surface area contributed by atoms with E-state index in [0.29, 0.717) is 45.0 Å². The molecule has 2 atom stereocenters. The Morgan fingerprint density at radius 3 is 2.74 bits per heavy atom. The van der Waals surface area contributed by atoms with Crippen molar-refractivity contribution in [1.82, 2.24) is 15.1 Å². The van der Waals surface area contributed by atoms with Gasteiger partial charge >= 0.3 is 0 Å². The average Bonchev–Trinajstić information content (AvgIpc) is 2.58.